The minimum absolute atomic E-state index is 0.0672. The molecule has 0 bridgehead atoms. The molecule has 0 fully saturated rings. The summed E-state index contributed by atoms with van der Waals surface area (Å²) < 4.78 is 4.62. The molecule has 6 nitrogen and oxygen atoms in total. The number of para-hydroxylation sites is 1. The molecule has 2 aromatic carbocycles. The maximum atomic E-state index is 12.7. The van der Waals surface area contributed by atoms with E-state index in [0.29, 0.717) is 11.3 Å². The zero-order valence-electron chi connectivity index (χ0n) is 13.5. The fraction of sp³-hybridized carbons (Fsp3) is 0.0556. The van der Waals surface area contributed by atoms with E-state index in [2.05, 4.69) is 10.1 Å². The first-order valence-electron chi connectivity index (χ1n) is 7.42. The second kappa shape index (κ2) is 7.19. The molecular weight excluding hydrogens is 379 g/mol. The third-order valence-corrected chi connectivity index (χ3v) is 4.37. The molecule has 26 heavy (non-hydrogen) atoms. The van der Waals surface area contributed by atoms with E-state index in [1.165, 1.54) is 19.2 Å². The van der Waals surface area contributed by atoms with Crippen molar-refractivity contribution in [3.63, 3.8) is 0 Å². The van der Waals surface area contributed by atoms with Gasteiger partial charge in [0.2, 0.25) is 0 Å². The Balaban J connectivity index is 1.87. The lowest BCUT2D eigenvalue weighted by Crippen LogP contribution is -2.32. The average molecular weight is 391 g/mol. The quantitative estimate of drug-likeness (QED) is 0.637. The number of amides is 2. The molecule has 8 heteroatoms. The van der Waals surface area contributed by atoms with Gasteiger partial charge in [-0.05, 0) is 36.4 Å². The van der Waals surface area contributed by atoms with E-state index in [4.69, 9.17) is 23.2 Å². The second-order valence-corrected chi connectivity index (χ2v) is 6.07. The molecule has 1 heterocycles. The fourth-order valence-electron chi connectivity index (χ4n) is 2.42. The van der Waals surface area contributed by atoms with Crippen LogP contribution < -0.4 is 10.2 Å². The van der Waals surface area contributed by atoms with E-state index in [9.17, 15) is 14.4 Å². The molecule has 0 spiro atoms. The predicted octanol–water partition coefficient (Wildman–Crippen LogP) is 3.56. The van der Waals surface area contributed by atoms with Gasteiger partial charge in [-0.15, -0.1) is 0 Å². The Labute approximate surface area is 158 Å². The Kier molecular flexibility index (Phi) is 4.97. The number of carbonyl (C=O) groups excluding carboxylic acids is 3. The van der Waals surface area contributed by atoms with Crippen molar-refractivity contribution in [1.82, 2.24) is 0 Å². The minimum atomic E-state index is -0.668. The molecule has 2 aromatic rings. The van der Waals surface area contributed by atoms with Crippen molar-refractivity contribution in [2.75, 3.05) is 17.3 Å². The number of hydrogen-bond acceptors (Lipinski definition) is 5. The van der Waals surface area contributed by atoms with Crippen molar-refractivity contribution < 1.29 is 19.1 Å². The van der Waals surface area contributed by atoms with Crippen molar-refractivity contribution in [2.24, 2.45) is 0 Å². The summed E-state index contributed by atoms with van der Waals surface area (Å²) in [6.07, 6.45) is 0. The van der Waals surface area contributed by atoms with Crippen LogP contribution in [0.1, 0.15) is 10.4 Å². The summed E-state index contributed by atoms with van der Waals surface area (Å²) in [4.78, 5) is 37.4. The van der Waals surface area contributed by atoms with Crippen LogP contribution >= 0.6 is 23.2 Å². The van der Waals surface area contributed by atoms with Crippen molar-refractivity contribution in [3.8, 4) is 0 Å². The van der Waals surface area contributed by atoms with Gasteiger partial charge in [0.25, 0.3) is 11.8 Å². The highest BCUT2D eigenvalue weighted by atomic mass is 35.5. The maximum Gasteiger partial charge on any atom is 0.337 e. The topological polar surface area (TPSA) is 75.7 Å². The second-order valence-electron chi connectivity index (χ2n) is 5.28. The van der Waals surface area contributed by atoms with Crippen LogP contribution in [-0.4, -0.2) is 24.9 Å². The number of rotatable bonds is 4. The molecule has 0 saturated carbocycles. The van der Waals surface area contributed by atoms with E-state index in [1.54, 1.807) is 36.4 Å². The summed E-state index contributed by atoms with van der Waals surface area (Å²) in [5, 5.41) is 2.82. The van der Waals surface area contributed by atoms with Crippen molar-refractivity contribution in [1.29, 1.82) is 0 Å². The molecule has 0 unspecified atom stereocenters. The number of anilines is 2. The first kappa shape index (κ1) is 18.0. The number of ether oxygens (including phenoxy) is 1. The third-order valence-electron chi connectivity index (χ3n) is 3.70. The van der Waals surface area contributed by atoms with Gasteiger partial charge in [-0.1, -0.05) is 35.3 Å². The van der Waals surface area contributed by atoms with Crippen molar-refractivity contribution in [2.45, 2.75) is 0 Å². The minimum Gasteiger partial charge on any atom is -0.465 e. The third kappa shape index (κ3) is 3.16. The number of nitrogens with one attached hydrogen (secondary N) is 1. The molecule has 132 valence electrons. The molecule has 0 radical (unpaired) electrons. The number of esters is 1. The summed E-state index contributed by atoms with van der Waals surface area (Å²) >= 11 is 12.1. The number of nitrogens with zero attached hydrogens (tertiary/aromatic N) is 1. The SMILES string of the molecule is COC(=O)c1ccc(NC2=C(Cl)C(=O)N(c3ccccc3Cl)C2=O)cc1. The fourth-order valence-corrected chi connectivity index (χ4v) is 2.85. The number of imide groups is 1. The Morgan fingerprint density at radius 2 is 1.65 bits per heavy atom. The highest BCUT2D eigenvalue weighted by Crippen LogP contribution is 2.34. The molecule has 2 amide bonds. The van der Waals surface area contributed by atoms with Gasteiger partial charge in [0.1, 0.15) is 10.7 Å². The van der Waals surface area contributed by atoms with Gasteiger partial charge in [0.05, 0.1) is 23.4 Å². The smallest absolute Gasteiger partial charge is 0.337 e. The van der Waals surface area contributed by atoms with Crippen LogP contribution in [0.2, 0.25) is 5.02 Å². The Bertz CT molecular complexity index is 938. The lowest BCUT2D eigenvalue weighted by molar-refractivity contribution is -0.120. The molecular formula is C18H12Cl2N2O4. The van der Waals surface area contributed by atoms with Crippen LogP contribution in [0, 0.1) is 0 Å². The Morgan fingerprint density at radius 3 is 2.27 bits per heavy atom. The normalized spacial score (nSPS) is 14.0. The summed E-state index contributed by atoms with van der Waals surface area (Å²) in [6, 6.07) is 12.7. The first-order valence-corrected chi connectivity index (χ1v) is 8.18. The average Bonchev–Trinajstić information content (AvgIpc) is 2.86. The largest absolute Gasteiger partial charge is 0.465 e. The predicted molar refractivity (Wildman–Crippen MR) is 98.2 cm³/mol. The van der Waals surface area contributed by atoms with Crippen LogP contribution in [0.3, 0.4) is 0 Å². The molecule has 0 saturated heterocycles. The van der Waals surface area contributed by atoms with Crippen molar-refractivity contribution in [3.05, 3.63) is 69.8 Å². The van der Waals surface area contributed by atoms with Gasteiger partial charge in [-0.3, -0.25) is 9.59 Å². The Hall–Kier alpha value is -2.83. The van der Waals surface area contributed by atoms with E-state index in [-0.39, 0.29) is 21.4 Å². The number of halogens is 2. The molecule has 1 aliphatic rings. The summed E-state index contributed by atoms with van der Waals surface area (Å²) in [7, 11) is 1.28. The summed E-state index contributed by atoms with van der Waals surface area (Å²) in [6.45, 7) is 0. The number of methoxy groups -OCH3 is 1. The van der Waals surface area contributed by atoms with Crippen LogP contribution in [0.15, 0.2) is 59.3 Å². The zero-order chi connectivity index (χ0) is 18.8. The standard InChI is InChI=1S/C18H12Cl2N2O4/c1-26-18(25)10-6-8-11(9-7-10)21-15-14(20)16(23)22(17(15)24)13-5-3-2-4-12(13)19/h2-9,21H,1H3. The van der Waals surface area contributed by atoms with Gasteiger partial charge < -0.3 is 10.1 Å². The molecule has 0 aromatic heterocycles. The number of hydrogen-bond donors (Lipinski definition) is 1. The molecule has 1 aliphatic heterocycles. The highest BCUT2D eigenvalue weighted by Gasteiger charge is 2.39. The van der Waals surface area contributed by atoms with E-state index < -0.39 is 17.8 Å². The van der Waals surface area contributed by atoms with Crippen LogP contribution in [-0.2, 0) is 14.3 Å². The molecule has 0 atom stereocenters. The molecule has 1 N–H and O–H groups in total. The van der Waals surface area contributed by atoms with Gasteiger partial charge in [0, 0.05) is 5.69 Å². The van der Waals surface area contributed by atoms with E-state index >= 15 is 0 Å². The Morgan fingerprint density at radius 1 is 1.00 bits per heavy atom. The summed E-state index contributed by atoms with van der Waals surface area (Å²) in [5.74, 6) is -1.77. The first-order chi connectivity index (χ1) is 12.4. The lowest BCUT2D eigenvalue weighted by atomic mass is 10.2. The van der Waals surface area contributed by atoms with Crippen molar-refractivity contribution >= 4 is 52.4 Å². The van der Waals surface area contributed by atoms with E-state index in [1.807, 2.05) is 0 Å². The van der Waals surface area contributed by atoms with Crippen LogP contribution in [0.25, 0.3) is 0 Å². The monoisotopic (exact) mass is 390 g/mol. The van der Waals surface area contributed by atoms with Gasteiger partial charge in [-0.2, -0.15) is 0 Å². The van der Waals surface area contributed by atoms with Crippen LogP contribution in [0.4, 0.5) is 11.4 Å². The van der Waals surface area contributed by atoms with E-state index in [0.717, 1.165) is 4.90 Å². The lowest BCUT2D eigenvalue weighted by Gasteiger charge is -2.16. The summed E-state index contributed by atoms with van der Waals surface area (Å²) in [5.41, 5.74) is 1.01. The molecule has 3 rings (SSSR count). The van der Waals surface area contributed by atoms with Gasteiger partial charge >= 0.3 is 5.97 Å². The zero-order valence-corrected chi connectivity index (χ0v) is 15.0. The number of benzene rings is 2. The highest BCUT2D eigenvalue weighted by molar-refractivity contribution is 6.53. The molecule has 0 aliphatic carbocycles. The number of carbonyl (C=O) groups is 3. The van der Waals surface area contributed by atoms with Gasteiger partial charge in [0.15, 0.2) is 0 Å². The maximum absolute atomic E-state index is 12.7. The van der Waals surface area contributed by atoms with Crippen LogP contribution in [0.5, 0.6) is 0 Å². The van der Waals surface area contributed by atoms with Gasteiger partial charge in [-0.25, -0.2) is 9.69 Å².